The van der Waals surface area contributed by atoms with Crippen molar-refractivity contribution >= 4 is 24.8 Å². The Kier molecular flexibility index (Phi) is 10.7. The lowest BCUT2D eigenvalue weighted by Gasteiger charge is -2.42. The number of hydrogen-bond acceptors (Lipinski definition) is 4. The number of hydrogen-bond donors (Lipinski definition) is 1. The van der Waals surface area contributed by atoms with Crippen LogP contribution in [0.2, 0.25) is 0 Å². The van der Waals surface area contributed by atoms with Crippen molar-refractivity contribution in [1.82, 2.24) is 9.80 Å². The van der Waals surface area contributed by atoms with E-state index in [1.54, 1.807) is 6.07 Å². The van der Waals surface area contributed by atoms with Gasteiger partial charge in [-0.15, -0.1) is 38.0 Å². The largest absolute Gasteiger partial charge is 0.573 e. The summed E-state index contributed by atoms with van der Waals surface area (Å²) >= 11 is 0. The number of alkyl halides is 3. The maximum Gasteiger partial charge on any atom is 0.573 e. The number of piperazine rings is 1. The molecule has 0 radical (unpaired) electrons. The molecule has 2 fully saturated rings. The molecule has 174 valence electrons. The van der Waals surface area contributed by atoms with Gasteiger partial charge in [0.15, 0.2) is 0 Å². The lowest BCUT2D eigenvalue weighted by Crippen LogP contribution is -2.51. The van der Waals surface area contributed by atoms with E-state index in [0.717, 1.165) is 57.4 Å². The van der Waals surface area contributed by atoms with Crippen molar-refractivity contribution in [2.24, 2.45) is 5.92 Å². The number of benzene rings is 1. The lowest BCUT2D eigenvalue weighted by atomic mass is 9.74. The normalized spacial score (nSPS) is 26.9. The van der Waals surface area contributed by atoms with E-state index in [2.05, 4.69) is 28.5 Å². The summed E-state index contributed by atoms with van der Waals surface area (Å²) in [7, 11) is 2.11. The summed E-state index contributed by atoms with van der Waals surface area (Å²) in [5.74, 6) is -0.139. The Hall–Kier alpha value is -0.730. The second-order valence-corrected chi connectivity index (χ2v) is 8.33. The summed E-state index contributed by atoms with van der Waals surface area (Å²) in [5, 5.41) is 10.6. The van der Waals surface area contributed by atoms with Gasteiger partial charge in [-0.3, -0.25) is 4.90 Å². The Morgan fingerprint density at radius 3 is 2.50 bits per heavy atom. The van der Waals surface area contributed by atoms with Gasteiger partial charge in [0.1, 0.15) is 5.75 Å². The van der Waals surface area contributed by atoms with Crippen molar-refractivity contribution in [3.63, 3.8) is 0 Å². The quantitative estimate of drug-likeness (QED) is 0.673. The first-order valence-corrected chi connectivity index (χ1v) is 10.2. The van der Waals surface area contributed by atoms with E-state index in [-0.39, 0.29) is 42.4 Å². The first-order valence-electron chi connectivity index (χ1n) is 10.2. The van der Waals surface area contributed by atoms with E-state index < -0.39 is 12.5 Å². The van der Waals surface area contributed by atoms with E-state index in [1.165, 1.54) is 12.1 Å². The summed E-state index contributed by atoms with van der Waals surface area (Å²) in [6.07, 6.45) is -1.39. The van der Waals surface area contributed by atoms with Gasteiger partial charge in [-0.05, 0) is 50.4 Å². The van der Waals surface area contributed by atoms with E-state index in [4.69, 9.17) is 0 Å². The van der Waals surface area contributed by atoms with Crippen LogP contribution in [0.1, 0.15) is 44.1 Å². The van der Waals surface area contributed by atoms with E-state index >= 15 is 0 Å². The molecule has 1 N–H and O–H groups in total. The van der Waals surface area contributed by atoms with Gasteiger partial charge in [-0.25, -0.2) is 0 Å². The Bertz CT molecular complexity index is 651. The van der Waals surface area contributed by atoms with Gasteiger partial charge in [0.2, 0.25) is 0 Å². The molecule has 0 bridgehead atoms. The molecule has 9 heteroatoms. The number of ether oxygens (including phenoxy) is 1. The number of aliphatic hydroxyl groups excluding tert-OH is 1. The molecule has 0 amide bonds. The van der Waals surface area contributed by atoms with Crippen LogP contribution in [0.5, 0.6) is 5.75 Å². The second-order valence-electron chi connectivity index (χ2n) is 8.33. The van der Waals surface area contributed by atoms with Crippen molar-refractivity contribution in [1.29, 1.82) is 0 Å². The fraction of sp³-hybridized carbons (Fsp3) is 0.714. The van der Waals surface area contributed by atoms with Crippen LogP contribution >= 0.6 is 24.8 Å². The third kappa shape index (κ3) is 7.45. The van der Waals surface area contributed by atoms with Crippen LogP contribution in [-0.2, 0) is 0 Å². The minimum atomic E-state index is -4.70. The number of aliphatic hydroxyl groups is 1. The highest BCUT2D eigenvalue weighted by Crippen LogP contribution is 2.38. The van der Waals surface area contributed by atoms with Crippen molar-refractivity contribution in [3.05, 3.63) is 29.8 Å². The molecule has 0 aromatic heterocycles. The molecular formula is C21H33Cl2F3N2O2. The highest BCUT2D eigenvalue weighted by Gasteiger charge is 2.35. The van der Waals surface area contributed by atoms with Gasteiger partial charge in [-0.1, -0.05) is 25.0 Å². The molecule has 1 aromatic carbocycles. The highest BCUT2D eigenvalue weighted by molar-refractivity contribution is 5.85. The Labute approximate surface area is 189 Å². The molecule has 1 aromatic rings. The van der Waals surface area contributed by atoms with Gasteiger partial charge in [-0.2, -0.15) is 0 Å². The molecule has 2 unspecified atom stereocenters. The van der Waals surface area contributed by atoms with Crippen molar-refractivity contribution < 1.29 is 23.0 Å². The summed E-state index contributed by atoms with van der Waals surface area (Å²) in [6.45, 7) is 5.76. The fourth-order valence-electron chi connectivity index (χ4n) is 4.61. The number of halogens is 5. The molecule has 4 atom stereocenters. The number of nitrogens with zero attached hydrogens (tertiary/aromatic N) is 2. The Balaban J connectivity index is 0.00000225. The van der Waals surface area contributed by atoms with Crippen LogP contribution in [0.3, 0.4) is 0 Å². The molecule has 1 aliphatic carbocycles. The monoisotopic (exact) mass is 472 g/mol. The third-order valence-corrected chi connectivity index (χ3v) is 6.32. The molecule has 3 rings (SSSR count). The molecular weight excluding hydrogens is 440 g/mol. The van der Waals surface area contributed by atoms with Gasteiger partial charge >= 0.3 is 6.36 Å². The molecule has 0 spiro atoms. The maximum absolute atomic E-state index is 12.7. The van der Waals surface area contributed by atoms with Crippen LogP contribution < -0.4 is 4.74 Å². The third-order valence-electron chi connectivity index (χ3n) is 6.32. The molecule has 1 heterocycles. The fourth-order valence-corrected chi connectivity index (χ4v) is 4.61. The summed E-state index contributed by atoms with van der Waals surface area (Å²) in [6, 6.07) is 6.76. The SMILES string of the molecule is C[C@@H]1CN(CC(c2cccc(OC(F)(F)F)c2)C2CCCC[C@@H]2O)CCN1C.Cl.Cl. The minimum Gasteiger partial charge on any atom is -0.406 e. The molecule has 1 saturated heterocycles. The first kappa shape index (κ1) is 27.3. The van der Waals surface area contributed by atoms with Crippen LogP contribution in [-0.4, -0.2) is 66.6 Å². The van der Waals surface area contributed by atoms with Gasteiger partial charge in [0, 0.05) is 38.1 Å². The van der Waals surface area contributed by atoms with Gasteiger partial charge < -0.3 is 14.7 Å². The van der Waals surface area contributed by atoms with Crippen LogP contribution in [0, 0.1) is 5.92 Å². The molecule has 1 saturated carbocycles. The Morgan fingerprint density at radius 1 is 1.17 bits per heavy atom. The molecule has 1 aliphatic heterocycles. The Morgan fingerprint density at radius 2 is 1.87 bits per heavy atom. The summed E-state index contributed by atoms with van der Waals surface area (Å²) < 4.78 is 42.1. The average molecular weight is 473 g/mol. The predicted molar refractivity (Wildman–Crippen MR) is 117 cm³/mol. The standard InChI is InChI=1S/C21H31F3N2O2.2ClH/c1-15-13-26(11-10-25(15)2)14-19(18-8-3-4-9-20(18)27)16-6-5-7-17(12-16)28-21(22,23)24;;/h5-7,12,15,18-20,27H,3-4,8-11,13-14H2,1-2H3;2*1H/t15-,18?,19?,20+;;/m1../s1. The van der Waals surface area contributed by atoms with E-state index in [1.807, 2.05) is 6.07 Å². The van der Waals surface area contributed by atoms with E-state index in [0.29, 0.717) is 6.04 Å². The molecule has 2 aliphatic rings. The lowest BCUT2D eigenvalue weighted by molar-refractivity contribution is -0.274. The van der Waals surface area contributed by atoms with Crippen LogP contribution in [0.15, 0.2) is 24.3 Å². The molecule has 30 heavy (non-hydrogen) atoms. The van der Waals surface area contributed by atoms with Crippen molar-refractivity contribution in [2.75, 3.05) is 33.2 Å². The number of likely N-dealkylation sites (N-methyl/N-ethyl adjacent to an activating group) is 1. The predicted octanol–water partition coefficient (Wildman–Crippen LogP) is 4.70. The second kappa shape index (κ2) is 11.8. The summed E-state index contributed by atoms with van der Waals surface area (Å²) in [4.78, 5) is 4.70. The highest BCUT2D eigenvalue weighted by atomic mass is 35.5. The zero-order chi connectivity index (χ0) is 20.3. The van der Waals surface area contributed by atoms with Gasteiger partial charge in [0.25, 0.3) is 0 Å². The average Bonchev–Trinajstić information content (AvgIpc) is 2.62. The van der Waals surface area contributed by atoms with Crippen molar-refractivity contribution in [2.45, 2.75) is 57.0 Å². The zero-order valence-electron chi connectivity index (χ0n) is 17.5. The maximum atomic E-state index is 12.7. The number of rotatable bonds is 5. The van der Waals surface area contributed by atoms with Gasteiger partial charge in [0.05, 0.1) is 6.10 Å². The van der Waals surface area contributed by atoms with Crippen LogP contribution in [0.25, 0.3) is 0 Å². The minimum absolute atomic E-state index is 0. The molecule has 4 nitrogen and oxygen atoms in total. The smallest absolute Gasteiger partial charge is 0.406 e. The topological polar surface area (TPSA) is 35.9 Å². The first-order chi connectivity index (χ1) is 13.2. The zero-order valence-corrected chi connectivity index (χ0v) is 19.1. The van der Waals surface area contributed by atoms with Crippen LogP contribution in [0.4, 0.5) is 13.2 Å². The van der Waals surface area contributed by atoms with Crippen molar-refractivity contribution in [3.8, 4) is 5.75 Å². The van der Waals surface area contributed by atoms with E-state index in [9.17, 15) is 18.3 Å². The summed E-state index contributed by atoms with van der Waals surface area (Å²) in [5.41, 5.74) is 0.819.